The van der Waals surface area contributed by atoms with Crippen molar-refractivity contribution in [3.05, 3.63) is 76.3 Å². The number of thioether (sulfide) groups is 1. The number of fused-ring (bicyclic) bond motifs is 6. The molecule has 0 aliphatic heterocycles. The van der Waals surface area contributed by atoms with E-state index in [0.29, 0.717) is 23.5 Å². The number of imidazole rings is 1. The summed E-state index contributed by atoms with van der Waals surface area (Å²) < 4.78 is 211. The number of nitriles is 1. The summed E-state index contributed by atoms with van der Waals surface area (Å²) >= 11 is 7.84. The zero-order valence-corrected chi connectivity index (χ0v) is 50.7. The minimum atomic E-state index is -5.36. The molecule has 0 unspecified atom stereocenters. The molecule has 0 spiro atoms. The molecular weight excluding hydrogens is 1320 g/mol. The molecule has 0 aliphatic carbocycles. The first-order valence-corrected chi connectivity index (χ1v) is 34.6. The maximum Gasteiger partial charge on any atom is 0.296 e. The SMILES string of the molecule is CC(=O)Nc1cc(N=Nc2cc(OCCCS(=O)(=O)O)c(N=Nc3c(C)c(C#N)c4nc5c(S(=O)(=O)O)ccc(Cl)c5n4c3O)cc2C)c(SCCCS(=O)(=O)O)cc1N=Nc1nc2c(S(=O)(=O)O)cc3c(S(=O)(=O)O)cc(S(=O)(=O)O)cc3c2s1. The molecular formula is C45H38ClN11O21S8. The first kappa shape index (κ1) is 64.7. The Kier molecular flexibility index (Phi) is 18.1. The van der Waals surface area contributed by atoms with E-state index in [1.165, 1.54) is 38.1 Å². The van der Waals surface area contributed by atoms with Crippen LogP contribution in [0.1, 0.15) is 36.5 Å². The fraction of sp³-hybridized carbons (Fsp3) is 0.200. The number of nitrogens with zero attached hydrogens (tertiary/aromatic N) is 10. The molecule has 0 aliphatic rings. The van der Waals surface area contributed by atoms with Crippen LogP contribution in [0.3, 0.4) is 0 Å². The van der Waals surface area contributed by atoms with Crippen LogP contribution in [0.5, 0.6) is 11.6 Å². The van der Waals surface area contributed by atoms with E-state index in [1.807, 2.05) is 6.07 Å². The molecule has 3 heterocycles. The Labute approximate surface area is 498 Å². The number of thiazole rings is 1. The molecule has 3 aromatic heterocycles. The lowest BCUT2D eigenvalue weighted by Gasteiger charge is -2.13. The first-order chi connectivity index (χ1) is 39.8. The van der Waals surface area contributed by atoms with E-state index in [1.54, 1.807) is 0 Å². The van der Waals surface area contributed by atoms with E-state index in [-0.39, 0.29) is 108 Å². The number of nitrogens with one attached hydrogen (secondary N) is 1. The summed E-state index contributed by atoms with van der Waals surface area (Å²) in [7, 11) is -29.7. The number of pyridine rings is 1. The third-order valence-electron chi connectivity index (χ3n) is 11.9. The van der Waals surface area contributed by atoms with Gasteiger partial charge in [0.25, 0.3) is 60.7 Å². The molecule has 1 amide bonds. The van der Waals surface area contributed by atoms with Crippen molar-refractivity contribution in [2.45, 2.75) is 58.1 Å². The fourth-order valence-corrected chi connectivity index (χ4v) is 14.1. The minimum absolute atomic E-state index is 0.0160. The number of amides is 1. The summed E-state index contributed by atoms with van der Waals surface area (Å²) in [6.45, 7) is 3.61. The predicted octanol–water partition coefficient (Wildman–Crippen LogP) is 9.32. The molecule has 86 heavy (non-hydrogen) atoms. The number of carbonyl (C=O) groups is 1. The number of carbonyl (C=O) groups excluding carboxylic acids is 1. The minimum Gasteiger partial charge on any atom is -0.493 e. The van der Waals surface area contributed by atoms with E-state index in [0.717, 1.165) is 41.3 Å². The van der Waals surface area contributed by atoms with Gasteiger partial charge >= 0.3 is 0 Å². The summed E-state index contributed by atoms with van der Waals surface area (Å²) in [6.07, 6.45) is -0.413. The van der Waals surface area contributed by atoms with Gasteiger partial charge in [0, 0.05) is 34.2 Å². The Morgan fingerprint density at radius 2 is 1.34 bits per heavy atom. The molecule has 41 heteroatoms. The first-order valence-electron chi connectivity index (χ1n) is 23.4. The number of hydrogen-bond donors (Lipinski definition) is 8. The highest BCUT2D eigenvalue weighted by atomic mass is 35.5. The number of benzene rings is 5. The van der Waals surface area contributed by atoms with Crippen LogP contribution in [0.2, 0.25) is 5.02 Å². The van der Waals surface area contributed by atoms with Crippen molar-refractivity contribution < 1.29 is 92.5 Å². The number of anilines is 1. The van der Waals surface area contributed by atoms with Crippen LogP contribution in [0.25, 0.3) is 37.7 Å². The topological polar surface area (TPSA) is 513 Å². The summed E-state index contributed by atoms with van der Waals surface area (Å²) in [6, 6.07) is 10.8. The molecule has 0 saturated heterocycles. The normalized spacial score (nSPS) is 13.1. The van der Waals surface area contributed by atoms with Crippen molar-refractivity contribution in [2.24, 2.45) is 30.7 Å². The molecule has 8 aromatic rings. The second-order valence-electron chi connectivity index (χ2n) is 18.0. The van der Waals surface area contributed by atoms with Gasteiger partial charge in [-0.3, -0.25) is 36.5 Å². The maximum atomic E-state index is 12.7. The van der Waals surface area contributed by atoms with Gasteiger partial charge < -0.3 is 15.2 Å². The number of hydrogen-bond acceptors (Lipinski definition) is 26. The summed E-state index contributed by atoms with van der Waals surface area (Å²) in [4.78, 5) is 17.2. The van der Waals surface area contributed by atoms with E-state index in [4.69, 9.17) is 16.3 Å². The third kappa shape index (κ3) is 14.4. The zero-order valence-electron chi connectivity index (χ0n) is 43.4. The van der Waals surface area contributed by atoms with Crippen molar-refractivity contribution in [3.63, 3.8) is 0 Å². The van der Waals surface area contributed by atoms with E-state index in [9.17, 15) is 93.0 Å². The number of aromatic hydroxyl groups is 1. The maximum absolute atomic E-state index is 12.7. The zero-order chi connectivity index (χ0) is 63.4. The van der Waals surface area contributed by atoms with Gasteiger partial charge in [0.05, 0.1) is 49.6 Å². The average molecular weight is 1360 g/mol. The molecule has 454 valence electrons. The van der Waals surface area contributed by atoms with Crippen LogP contribution in [-0.2, 0) is 65.5 Å². The van der Waals surface area contributed by atoms with E-state index >= 15 is 0 Å². The molecule has 0 atom stereocenters. The number of rotatable bonds is 21. The lowest BCUT2D eigenvalue weighted by atomic mass is 10.1. The number of halogens is 1. The van der Waals surface area contributed by atoms with Crippen LogP contribution >= 0.6 is 34.7 Å². The average Bonchev–Trinajstić information content (AvgIpc) is 1.50. The Balaban J connectivity index is 1.25. The van der Waals surface area contributed by atoms with Crippen molar-refractivity contribution in [1.82, 2.24) is 14.4 Å². The van der Waals surface area contributed by atoms with Crippen LogP contribution in [0.4, 0.5) is 39.3 Å². The van der Waals surface area contributed by atoms with Gasteiger partial charge in [-0.05, 0) is 86.5 Å². The summed E-state index contributed by atoms with van der Waals surface area (Å²) in [5.41, 5.74) is -2.35. The smallest absolute Gasteiger partial charge is 0.296 e. The Hall–Kier alpha value is -7.34. The lowest BCUT2D eigenvalue weighted by molar-refractivity contribution is -0.114. The van der Waals surface area contributed by atoms with Crippen LogP contribution in [0.15, 0.2) is 110 Å². The van der Waals surface area contributed by atoms with Gasteiger partial charge in [-0.25, -0.2) is 9.97 Å². The van der Waals surface area contributed by atoms with Gasteiger partial charge in [-0.2, -0.15) is 60.9 Å². The van der Waals surface area contributed by atoms with Gasteiger partial charge in [-0.1, -0.05) is 22.9 Å². The van der Waals surface area contributed by atoms with E-state index < -0.39 is 131 Å². The Morgan fingerprint density at radius 1 is 0.709 bits per heavy atom. The van der Waals surface area contributed by atoms with Gasteiger partial charge in [0.15, 0.2) is 11.3 Å². The van der Waals surface area contributed by atoms with Gasteiger partial charge in [0.2, 0.25) is 16.9 Å². The highest BCUT2D eigenvalue weighted by molar-refractivity contribution is 7.99. The van der Waals surface area contributed by atoms with E-state index in [2.05, 4.69) is 46.0 Å². The second kappa shape index (κ2) is 24.1. The number of aromatic nitrogens is 3. The molecule has 8 N–H and O–H groups in total. The van der Waals surface area contributed by atoms with Crippen molar-refractivity contribution in [3.8, 4) is 17.7 Å². The van der Waals surface area contributed by atoms with Crippen LogP contribution in [0, 0.1) is 25.2 Å². The molecule has 0 fully saturated rings. The van der Waals surface area contributed by atoms with Crippen LogP contribution < -0.4 is 10.1 Å². The van der Waals surface area contributed by atoms with Crippen molar-refractivity contribution in [1.29, 1.82) is 5.26 Å². The molecule has 0 bridgehead atoms. The second-order valence-corrected chi connectivity index (χ2v) is 29.2. The van der Waals surface area contributed by atoms with Gasteiger partial charge in [0.1, 0.15) is 60.2 Å². The number of ether oxygens (including phenoxy) is 1. The third-order valence-corrected chi connectivity index (χ3v) is 19.4. The monoisotopic (exact) mass is 1360 g/mol. The van der Waals surface area contributed by atoms with Gasteiger partial charge in [-0.15, -0.1) is 37.3 Å². The highest BCUT2D eigenvalue weighted by Gasteiger charge is 2.29. The van der Waals surface area contributed by atoms with Crippen molar-refractivity contribution >= 4 is 178 Å². The number of aryl methyl sites for hydroxylation is 1. The van der Waals surface area contributed by atoms with Crippen molar-refractivity contribution in [2.75, 3.05) is 29.2 Å². The number of azo groups is 3. The Bertz CT molecular complexity index is 5090. The lowest BCUT2D eigenvalue weighted by Crippen LogP contribution is -2.08. The predicted molar refractivity (Wildman–Crippen MR) is 308 cm³/mol. The van der Waals surface area contributed by atoms with Crippen LogP contribution in [-0.4, -0.2) is 127 Å². The summed E-state index contributed by atoms with van der Waals surface area (Å²) in [5, 5.41) is 48.3. The standard InChI is InChI=1S/C45H38ClN11O21S8/c1-20-12-31(53-55-38-21(2)26(19-47)43-49-39-35(84(69,70)71)7-6-27(46)41(39)57(43)44(38)59)33(78-8-4-10-81(60,61)62)17-28(20)51-54-32-16-29(48-22(3)58)30(18-34(32)79-9-5-11-82(63,64)65)52-56-45-50-40-37(86(75,76)77)15-24-25(42(40)80-45)13-23(83(66,67)68)14-36(24)85(72,73)74/h6-7,12-18,59H,4-5,8-11H2,1-3H3,(H,48,58)(H,60,61,62)(H,63,64,65)(H,66,67,68)(H,69,70,71)(H,72,73,74)(H,75,76,77). The molecule has 32 nitrogen and oxygen atoms in total. The highest BCUT2D eigenvalue weighted by Crippen LogP contribution is 2.46. The fourth-order valence-electron chi connectivity index (χ4n) is 8.15. The molecule has 5 aromatic carbocycles. The quantitative estimate of drug-likeness (QED) is 0.0144. The molecule has 0 radical (unpaired) electrons. The Morgan fingerprint density at radius 3 is 1.95 bits per heavy atom. The molecule has 0 saturated carbocycles. The summed E-state index contributed by atoms with van der Waals surface area (Å²) in [5.74, 6) is -3.06. The largest absolute Gasteiger partial charge is 0.493 e. The molecule has 8 rings (SSSR count).